The summed E-state index contributed by atoms with van der Waals surface area (Å²) in [5.74, 6) is -0.276. The van der Waals surface area contributed by atoms with Gasteiger partial charge in [-0.25, -0.2) is 4.79 Å². The minimum absolute atomic E-state index is 0.00589. The molecule has 5 nitrogen and oxygen atoms in total. The molecule has 5 heteroatoms. The van der Waals surface area contributed by atoms with Crippen molar-refractivity contribution in [2.24, 2.45) is 7.05 Å². The summed E-state index contributed by atoms with van der Waals surface area (Å²) in [5.41, 5.74) is 5.29. The number of hydrogen-bond acceptors (Lipinski definition) is 4. The van der Waals surface area contributed by atoms with Crippen LogP contribution >= 0.6 is 0 Å². The zero-order valence-electron chi connectivity index (χ0n) is 16.6. The Hall–Kier alpha value is -3.05. The van der Waals surface area contributed by atoms with Gasteiger partial charge in [0.15, 0.2) is 0 Å². The molecule has 0 spiro atoms. The molecule has 0 amide bonds. The average molecular weight is 388 g/mol. The van der Waals surface area contributed by atoms with Crippen molar-refractivity contribution >= 4 is 16.9 Å². The van der Waals surface area contributed by atoms with Gasteiger partial charge in [-0.3, -0.25) is 4.90 Å². The second-order valence-electron chi connectivity index (χ2n) is 7.89. The Labute approximate surface area is 169 Å². The van der Waals surface area contributed by atoms with Crippen LogP contribution in [0, 0.1) is 0 Å². The monoisotopic (exact) mass is 388 g/mol. The smallest absolute Gasteiger partial charge is 0.337 e. The molecule has 5 rings (SSSR count). The molecule has 2 atom stereocenters. The molecule has 0 saturated carbocycles. The van der Waals surface area contributed by atoms with E-state index in [9.17, 15) is 9.90 Å². The molecule has 0 saturated heterocycles. The van der Waals surface area contributed by atoms with E-state index in [0.717, 1.165) is 6.54 Å². The summed E-state index contributed by atoms with van der Waals surface area (Å²) in [6.07, 6.45) is 1.12. The standard InChI is InChI=1S/C24H24N2O3/c1-25-19-11-7-6-10-16(19)17-12-21-23(27)18(24(28)29-2)13-20(22(17)25)26(21)14-15-8-4-3-5-9-15/h3-11,20-21,27H,12-14H2,1-2H3/t20-,21-/m0/s1. The SMILES string of the molecule is COC(=O)C1=C(O)[C@@H]2Cc3c(n(C)c4ccccc34)[C@H](C1)N2Cc1ccccc1. The number of carbonyl (C=O) groups is 1. The Kier molecular flexibility index (Phi) is 4.21. The van der Waals surface area contributed by atoms with Crippen molar-refractivity contribution in [3.8, 4) is 0 Å². The summed E-state index contributed by atoms with van der Waals surface area (Å²) < 4.78 is 7.22. The number of aliphatic hydroxyl groups is 1. The minimum Gasteiger partial charge on any atom is -0.510 e. The molecule has 2 aromatic carbocycles. The highest BCUT2D eigenvalue weighted by molar-refractivity contribution is 5.91. The molecule has 0 unspecified atom stereocenters. The number of carbonyl (C=O) groups excluding carboxylic acids is 1. The predicted molar refractivity (Wildman–Crippen MR) is 111 cm³/mol. The van der Waals surface area contributed by atoms with Crippen LogP contribution in [0.1, 0.15) is 29.3 Å². The van der Waals surface area contributed by atoms with Crippen LogP contribution in [0.5, 0.6) is 0 Å². The highest BCUT2D eigenvalue weighted by Crippen LogP contribution is 2.47. The van der Waals surface area contributed by atoms with Gasteiger partial charge in [-0.05, 0) is 23.6 Å². The third kappa shape index (κ3) is 2.69. The van der Waals surface area contributed by atoms with Gasteiger partial charge < -0.3 is 14.4 Å². The lowest BCUT2D eigenvalue weighted by Gasteiger charge is -2.46. The van der Waals surface area contributed by atoms with Crippen LogP contribution < -0.4 is 0 Å². The summed E-state index contributed by atoms with van der Waals surface area (Å²) in [5, 5.41) is 12.3. The van der Waals surface area contributed by atoms with E-state index in [2.05, 4.69) is 52.9 Å². The first-order valence-corrected chi connectivity index (χ1v) is 9.96. The fourth-order valence-electron chi connectivity index (χ4n) is 5.11. The molecule has 1 N–H and O–H groups in total. The number of hydrogen-bond donors (Lipinski definition) is 1. The molecule has 2 aliphatic heterocycles. The molecule has 148 valence electrons. The normalized spacial score (nSPS) is 21.3. The van der Waals surface area contributed by atoms with Gasteiger partial charge in [-0.2, -0.15) is 0 Å². The molecule has 3 heterocycles. The summed E-state index contributed by atoms with van der Waals surface area (Å²) in [7, 11) is 3.47. The quantitative estimate of drug-likeness (QED) is 0.688. The van der Waals surface area contributed by atoms with Crippen molar-refractivity contribution in [3.63, 3.8) is 0 Å². The van der Waals surface area contributed by atoms with Gasteiger partial charge in [0.1, 0.15) is 5.76 Å². The molecule has 0 fully saturated rings. The number of aromatic nitrogens is 1. The summed E-state index contributed by atoms with van der Waals surface area (Å²) in [6.45, 7) is 0.718. The Morgan fingerprint density at radius 1 is 1.07 bits per heavy atom. The first kappa shape index (κ1) is 18.0. The number of aryl methyl sites for hydroxylation is 1. The Balaban J connectivity index is 1.68. The van der Waals surface area contributed by atoms with Crippen molar-refractivity contribution in [1.29, 1.82) is 0 Å². The van der Waals surface area contributed by atoms with E-state index in [0.29, 0.717) is 18.4 Å². The van der Waals surface area contributed by atoms with Crippen molar-refractivity contribution in [3.05, 3.63) is 82.8 Å². The number of esters is 1. The van der Waals surface area contributed by atoms with E-state index in [4.69, 9.17) is 4.74 Å². The van der Waals surface area contributed by atoms with Gasteiger partial charge in [-0.15, -0.1) is 0 Å². The third-order valence-corrected chi connectivity index (χ3v) is 6.44. The molecule has 0 radical (unpaired) electrons. The van der Waals surface area contributed by atoms with Crippen molar-refractivity contribution in [2.45, 2.75) is 31.5 Å². The maximum Gasteiger partial charge on any atom is 0.337 e. The van der Waals surface area contributed by atoms with Crippen molar-refractivity contribution < 1.29 is 14.6 Å². The Morgan fingerprint density at radius 3 is 2.55 bits per heavy atom. The fourth-order valence-corrected chi connectivity index (χ4v) is 5.11. The second-order valence-corrected chi connectivity index (χ2v) is 7.89. The molecular formula is C24H24N2O3. The number of aliphatic hydroxyl groups excluding tert-OH is 1. The highest BCUT2D eigenvalue weighted by Gasteiger charge is 2.45. The average Bonchev–Trinajstić information content (AvgIpc) is 3.03. The summed E-state index contributed by atoms with van der Waals surface area (Å²) in [4.78, 5) is 14.7. The zero-order valence-corrected chi connectivity index (χ0v) is 16.6. The maximum absolute atomic E-state index is 12.4. The molecule has 1 aromatic heterocycles. The third-order valence-electron chi connectivity index (χ3n) is 6.44. The molecule has 3 aromatic rings. The van der Waals surface area contributed by atoms with Crippen LogP contribution in [0.2, 0.25) is 0 Å². The van der Waals surface area contributed by atoms with Gasteiger partial charge in [0, 0.05) is 36.6 Å². The van der Waals surface area contributed by atoms with Crippen molar-refractivity contribution in [1.82, 2.24) is 9.47 Å². The first-order chi connectivity index (χ1) is 14.1. The van der Waals surface area contributed by atoms with Gasteiger partial charge >= 0.3 is 5.97 Å². The summed E-state index contributed by atoms with van der Waals surface area (Å²) >= 11 is 0. The van der Waals surface area contributed by atoms with E-state index in [1.165, 1.54) is 34.8 Å². The van der Waals surface area contributed by atoms with E-state index in [1.807, 2.05) is 18.2 Å². The maximum atomic E-state index is 12.4. The van der Waals surface area contributed by atoms with Crippen LogP contribution in [0.4, 0.5) is 0 Å². The van der Waals surface area contributed by atoms with Gasteiger partial charge in [0.05, 0.1) is 24.8 Å². The van der Waals surface area contributed by atoms with Crippen LogP contribution in [0.3, 0.4) is 0 Å². The van der Waals surface area contributed by atoms with E-state index in [-0.39, 0.29) is 17.8 Å². The number of rotatable bonds is 3. The lowest BCUT2D eigenvalue weighted by atomic mass is 9.81. The predicted octanol–water partition coefficient (Wildman–Crippen LogP) is 4.04. The summed E-state index contributed by atoms with van der Waals surface area (Å²) in [6, 6.07) is 18.5. The zero-order chi connectivity index (χ0) is 20.1. The number of ether oxygens (including phenoxy) is 1. The van der Waals surface area contributed by atoms with Crippen LogP contribution in [-0.2, 0) is 29.5 Å². The molecule has 2 aliphatic rings. The molecule has 0 aliphatic carbocycles. The van der Waals surface area contributed by atoms with E-state index >= 15 is 0 Å². The number of benzene rings is 2. The number of para-hydroxylation sites is 1. The Bertz CT molecular complexity index is 1130. The number of fused-ring (bicyclic) bond motifs is 6. The Morgan fingerprint density at radius 2 is 1.79 bits per heavy atom. The lowest BCUT2D eigenvalue weighted by Crippen LogP contribution is -2.48. The van der Waals surface area contributed by atoms with Crippen LogP contribution in [0.25, 0.3) is 10.9 Å². The lowest BCUT2D eigenvalue weighted by molar-refractivity contribution is -0.137. The molecule has 2 bridgehead atoms. The molecule has 29 heavy (non-hydrogen) atoms. The second kappa shape index (κ2) is 6.78. The van der Waals surface area contributed by atoms with Crippen LogP contribution in [0.15, 0.2) is 65.9 Å². The van der Waals surface area contributed by atoms with Crippen LogP contribution in [-0.4, -0.2) is 33.7 Å². The van der Waals surface area contributed by atoms with Gasteiger partial charge in [-0.1, -0.05) is 48.5 Å². The fraction of sp³-hybridized carbons (Fsp3) is 0.292. The highest BCUT2D eigenvalue weighted by atomic mass is 16.5. The molecular weight excluding hydrogens is 364 g/mol. The first-order valence-electron chi connectivity index (χ1n) is 9.96. The van der Waals surface area contributed by atoms with Gasteiger partial charge in [0.2, 0.25) is 0 Å². The van der Waals surface area contributed by atoms with Crippen molar-refractivity contribution in [2.75, 3.05) is 7.11 Å². The van der Waals surface area contributed by atoms with E-state index < -0.39 is 5.97 Å². The number of methoxy groups -OCH3 is 1. The number of nitrogens with zero attached hydrogens (tertiary/aromatic N) is 2. The van der Waals surface area contributed by atoms with E-state index in [1.54, 1.807) is 0 Å². The minimum atomic E-state index is -0.431. The largest absolute Gasteiger partial charge is 0.510 e. The topological polar surface area (TPSA) is 54.7 Å². The van der Waals surface area contributed by atoms with Gasteiger partial charge in [0.25, 0.3) is 0 Å².